The third-order valence-corrected chi connectivity index (χ3v) is 4.57. The van der Waals surface area contributed by atoms with Crippen LogP contribution in [0, 0.1) is 5.41 Å². The molecule has 5 heteroatoms. The lowest BCUT2D eigenvalue weighted by molar-refractivity contribution is -0.203. The van der Waals surface area contributed by atoms with Crippen LogP contribution < -0.4 is 0 Å². The van der Waals surface area contributed by atoms with Gasteiger partial charge in [-0.2, -0.15) is 0 Å². The molecule has 0 aromatic carbocycles. The third kappa shape index (κ3) is 2.09. The van der Waals surface area contributed by atoms with E-state index in [1.807, 2.05) is 0 Å². The molecular formula is C15H20O5. The number of carbonyl (C=O) groups is 2. The van der Waals surface area contributed by atoms with Gasteiger partial charge in [0.25, 0.3) is 0 Å². The van der Waals surface area contributed by atoms with Crippen molar-refractivity contribution in [1.29, 1.82) is 0 Å². The van der Waals surface area contributed by atoms with E-state index in [0.717, 1.165) is 5.57 Å². The average Bonchev–Trinajstić information content (AvgIpc) is 2.88. The number of hydrogen-bond donors (Lipinski definition) is 0. The van der Waals surface area contributed by atoms with Gasteiger partial charge in [0.15, 0.2) is 11.6 Å². The van der Waals surface area contributed by atoms with Crippen LogP contribution >= 0.6 is 0 Å². The van der Waals surface area contributed by atoms with E-state index in [1.54, 1.807) is 13.0 Å². The molecule has 110 valence electrons. The van der Waals surface area contributed by atoms with E-state index >= 15 is 0 Å². The fourth-order valence-corrected chi connectivity index (χ4v) is 3.61. The molecule has 20 heavy (non-hydrogen) atoms. The fourth-order valence-electron chi connectivity index (χ4n) is 3.61. The van der Waals surface area contributed by atoms with Crippen molar-refractivity contribution in [2.24, 2.45) is 5.41 Å². The summed E-state index contributed by atoms with van der Waals surface area (Å²) < 4.78 is 16.8. The number of allylic oxidation sites excluding steroid dienone is 1. The summed E-state index contributed by atoms with van der Waals surface area (Å²) in [6.45, 7) is 3.28. The number of ketones is 1. The quantitative estimate of drug-likeness (QED) is 0.721. The Morgan fingerprint density at radius 1 is 1.30 bits per heavy atom. The van der Waals surface area contributed by atoms with Gasteiger partial charge in [-0.25, -0.2) is 0 Å². The zero-order chi connectivity index (χ0) is 14.2. The predicted octanol–water partition coefficient (Wildman–Crippen LogP) is 1.75. The van der Waals surface area contributed by atoms with Crippen LogP contribution in [0.25, 0.3) is 0 Å². The van der Waals surface area contributed by atoms with Gasteiger partial charge in [0.2, 0.25) is 0 Å². The highest BCUT2D eigenvalue weighted by molar-refractivity contribution is 5.95. The maximum atomic E-state index is 12.5. The summed E-state index contributed by atoms with van der Waals surface area (Å²) in [5, 5.41) is 0. The molecule has 0 aromatic rings. The number of ether oxygens (including phenoxy) is 3. The van der Waals surface area contributed by atoms with Crippen molar-refractivity contribution in [3.8, 4) is 0 Å². The largest absolute Gasteiger partial charge is 0.465 e. The lowest BCUT2D eigenvalue weighted by Gasteiger charge is -2.46. The predicted molar refractivity (Wildman–Crippen MR) is 69.9 cm³/mol. The molecule has 0 bridgehead atoms. The molecule has 0 aromatic heterocycles. The molecule has 1 saturated heterocycles. The first-order valence-electron chi connectivity index (χ1n) is 7.29. The SMILES string of the molecule is CCOC(=O)[C@]12CCC(=O)C=C1CCC1(C2)OCCO1. The maximum absolute atomic E-state index is 12.5. The van der Waals surface area contributed by atoms with E-state index in [-0.39, 0.29) is 11.8 Å². The Bertz CT molecular complexity index is 461. The standard InChI is InChI=1S/C15H20O5/c1-2-18-13(17)14-5-4-12(16)9-11(14)3-6-15(10-14)19-7-8-20-15/h9H,2-8,10H2,1H3/t14-/m0/s1. The molecule has 0 amide bonds. The Morgan fingerprint density at radius 3 is 2.75 bits per heavy atom. The van der Waals surface area contributed by atoms with E-state index in [4.69, 9.17) is 14.2 Å². The lowest BCUT2D eigenvalue weighted by atomic mass is 9.62. The second-order valence-electron chi connectivity index (χ2n) is 5.72. The molecule has 3 rings (SSSR count). The van der Waals surface area contributed by atoms with Gasteiger partial charge in [0.05, 0.1) is 25.2 Å². The van der Waals surface area contributed by atoms with Crippen molar-refractivity contribution < 1.29 is 23.8 Å². The van der Waals surface area contributed by atoms with Gasteiger partial charge in [-0.15, -0.1) is 0 Å². The third-order valence-electron chi connectivity index (χ3n) is 4.57. The highest BCUT2D eigenvalue weighted by atomic mass is 16.7. The molecule has 0 unspecified atom stereocenters. The summed E-state index contributed by atoms with van der Waals surface area (Å²) >= 11 is 0. The normalized spacial score (nSPS) is 31.9. The lowest BCUT2D eigenvalue weighted by Crippen LogP contribution is -2.49. The summed E-state index contributed by atoms with van der Waals surface area (Å²) in [5.74, 6) is -0.800. The van der Waals surface area contributed by atoms with Crippen molar-refractivity contribution in [2.75, 3.05) is 19.8 Å². The summed E-state index contributed by atoms with van der Waals surface area (Å²) in [4.78, 5) is 24.2. The zero-order valence-electron chi connectivity index (χ0n) is 11.8. The van der Waals surface area contributed by atoms with Gasteiger partial charge in [-0.3, -0.25) is 9.59 Å². The Balaban J connectivity index is 1.95. The number of fused-ring (bicyclic) bond motifs is 1. The fraction of sp³-hybridized carbons (Fsp3) is 0.733. The van der Waals surface area contributed by atoms with Gasteiger partial charge in [-0.05, 0) is 31.4 Å². The first kappa shape index (κ1) is 13.8. The zero-order valence-corrected chi connectivity index (χ0v) is 11.8. The Hall–Kier alpha value is -1.20. The molecule has 3 aliphatic rings. The summed E-state index contributed by atoms with van der Waals surface area (Å²) in [5.41, 5.74) is 0.170. The van der Waals surface area contributed by atoms with Crippen LogP contribution in [0.5, 0.6) is 0 Å². The minimum absolute atomic E-state index is 0.101. The average molecular weight is 280 g/mol. The minimum Gasteiger partial charge on any atom is -0.465 e. The topological polar surface area (TPSA) is 61.8 Å². The van der Waals surface area contributed by atoms with Crippen molar-refractivity contribution in [3.05, 3.63) is 11.6 Å². The van der Waals surface area contributed by atoms with Gasteiger partial charge >= 0.3 is 5.97 Å². The first-order valence-corrected chi connectivity index (χ1v) is 7.29. The van der Waals surface area contributed by atoms with Crippen LogP contribution in [0.2, 0.25) is 0 Å². The highest BCUT2D eigenvalue weighted by Crippen LogP contribution is 2.53. The highest BCUT2D eigenvalue weighted by Gasteiger charge is 2.56. The van der Waals surface area contributed by atoms with E-state index in [1.165, 1.54) is 0 Å². The Morgan fingerprint density at radius 2 is 2.05 bits per heavy atom. The van der Waals surface area contributed by atoms with Crippen LogP contribution in [-0.2, 0) is 23.8 Å². The van der Waals surface area contributed by atoms with Gasteiger partial charge in [0.1, 0.15) is 0 Å². The Labute approximate surface area is 118 Å². The van der Waals surface area contributed by atoms with E-state index in [2.05, 4.69) is 0 Å². The second-order valence-corrected chi connectivity index (χ2v) is 5.72. The summed E-state index contributed by atoms with van der Waals surface area (Å²) in [6, 6.07) is 0. The first-order chi connectivity index (χ1) is 9.60. The molecule has 1 heterocycles. The summed E-state index contributed by atoms with van der Waals surface area (Å²) in [7, 11) is 0. The molecular weight excluding hydrogens is 260 g/mol. The number of rotatable bonds is 2. The monoisotopic (exact) mass is 280 g/mol. The number of hydrogen-bond acceptors (Lipinski definition) is 5. The number of carbonyl (C=O) groups excluding carboxylic acids is 2. The number of esters is 1. The van der Waals surface area contributed by atoms with Crippen molar-refractivity contribution in [3.63, 3.8) is 0 Å². The van der Waals surface area contributed by atoms with Crippen molar-refractivity contribution in [1.82, 2.24) is 0 Å². The smallest absolute Gasteiger partial charge is 0.316 e. The van der Waals surface area contributed by atoms with E-state index in [0.29, 0.717) is 51.9 Å². The molecule has 1 saturated carbocycles. The second kappa shape index (κ2) is 4.97. The Kier molecular flexibility index (Phi) is 3.42. The molecule has 0 N–H and O–H groups in total. The van der Waals surface area contributed by atoms with Crippen LogP contribution in [0.4, 0.5) is 0 Å². The van der Waals surface area contributed by atoms with Crippen molar-refractivity contribution >= 4 is 11.8 Å². The van der Waals surface area contributed by atoms with Crippen molar-refractivity contribution in [2.45, 2.75) is 44.8 Å². The minimum atomic E-state index is -0.730. The molecule has 1 aliphatic heterocycles. The molecule has 2 fully saturated rings. The van der Waals surface area contributed by atoms with E-state index in [9.17, 15) is 9.59 Å². The van der Waals surface area contributed by atoms with Crippen LogP contribution in [-0.4, -0.2) is 37.4 Å². The van der Waals surface area contributed by atoms with Crippen LogP contribution in [0.3, 0.4) is 0 Å². The van der Waals surface area contributed by atoms with Gasteiger partial charge in [0, 0.05) is 19.3 Å². The molecule has 5 nitrogen and oxygen atoms in total. The molecule has 1 atom stereocenters. The van der Waals surface area contributed by atoms with Gasteiger partial charge in [-0.1, -0.05) is 0 Å². The van der Waals surface area contributed by atoms with E-state index < -0.39 is 11.2 Å². The summed E-state index contributed by atoms with van der Waals surface area (Å²) in [6.07, 6.45) is 4.36. The molecule has 0 radical (unpaired) electrons. The molecule has 2 aliphatic carbocycles. The van der Waals surface area contributed by atoms with Gasteiger partial charge < -0.3 is 14.2 Å². The maximum Gasteiger partial charge on any atom is 0.316 e. The molecule has 1 spiro atoms. The van der Waals surface area contributed by atoms with Crippen LogP contribution in [0.15, 0.2) is 11.6 Å². The van der Waals surface area contributed by atoms with Crippen LogP contribution in [0.1, 0.15) is 39.0 Å².